The van der Waals surface area contributed by atoms with Gasteiger partial charge in [-0.3, -0.25) is 9.59 Å². The van der Waals surface area contributed by atoms with Crippen molar-refractivity contribution in [2.24, 2.45) is 5.73 Å². The fourth-order valence-corrected chi connectivity index (χ4v) is 2.27. The summed E-state index contributed by atoms with van der Waals surface area (Å²) in [5, 5.41) is 11.4. The molecule has 0 aromatic heterocycles. The molecule has 0 bridgehead atoms. The lowest BCUT2D eigenvalue weighted by Crippen LogP contribution is -2.25. The minimum atomic E-state index is -0.670. The molecule has 0 radical (unpaired) electrons. The standard InChI is InChI=1S/C18H16FN3O3/c1-22-17(23)10-25-16-6-11(9-20)2-3-12(16)7-13-8-14(19)4-5-15(13)18(21)24/h2-6,8H,7,10H2,1H3,(H2,21,24)(H,22,23). The van der Waals surface area contributed by atoms with Crippen LogP contribution in [0.2, 0.25) is 0 Å². The molecule has 2 aromatic rings. The zero-order valence-electron chi connectivity index (χ0n) is 13.5. The number of nitrogens with zero attached hydrogens (tertiary/aromatic N) is 1. The summed E-state index contributed by atoms with van der Waals surface area (Å²) < 4.78 is 19.0. The molecule has 0 aliphatic carbocycles. The molecule has 0 aliphatic rings. The SMILES string of the molecule is CNC(=O)COc1cc(C#N)ccc1Cc1cc(F)ccc1C(N)=O. The number of nitrogens with two attached hydrogens (primary N) is 1. The van der Waals surface area contributed by atoms with Crippen LogP contribution in [0.15, 0.2) is 36.4 Å². The zero-order chi connectivity index (χ0) is 18.4. The van der Waals surface area contributed by atoms with Gasteiger partial charge in [0.15, 0.2) is 6.61 Å². The predicted octanol–water partition coefficient (Wildman–Crippen LogP) is 1.51. The molecule has 0 fully saturated rings. The van der Waals surface area contributed by atoms with Crippen LogP contribution in [0.25, 0.3) is 0 Å². The number of amides is 2. The maximum atomic E-state index is 13.6. The van der Waals surface area contributed by atoms with Crippen molar-refractivity contribution in [3.63, 3.8) is 0 Å². The van der Waals surface area contributed by atoms with Gasteiger partial charge in [0.1, 0.15) is 11.6 Å². The number of likely N-dealkylation sites (N-methyl/N-ethyl adjacent to an activating group) is 1. The molecule has 2 amide bonds. The van der Waals surface area contributed by atoms with Gasteiger partial charge in [0, 0.05) is 19.0 Å². The van der Waals surface area contributed by atoms with E-state index in [0.29, 0.717) is 22.4 Å². The van der Waals surface area contributed by atoms with Gasteiger partial charge in [-0.15, -0.1) is 0 Å². The molecule has 2 aromatic carbocycles. The number of ether oxygens (including phenoxy) is 1. The van der Waals surface area contributed by atoms with Crippen LogP contribution in [0.4, 0.5) is 4.39 Å². The Hall–Kier alpha value is -3.40. The smallest absolute Gasteiger partial charge is 0.257 e. The Morgan fingerprint density at radius 1 is 1.24 bits per heavy atom. The lowest BCUT2D eigenvalue weighted by Gasteiger charge is -2.13. The lowest BCUT2D eigenvalue weighted by molar-refractivity contribution is -0.122. The molecule has 0 saturated heterocycles. The molecule has 0 spiro atoms. The van der Waals surface area contributed by atoms with Crippen molar-refractivity contribution < 1.29 is 18.7 Å². The van der Waals surface area contributed by atoms with E-state index in [1.54, 1.807) is 12.1 Å². The maximum absolute atomic E-state index is 13.6. The Kier molecular flexibility index (Phi) is 5.69. The van der Waals surface area contributed by atoms with Crippen LogP contribution in [0.5, 0.6) is 5.75 Å². The average molecular weight is 341 g/mol. The molecule has 6 nitrogen and oxygen atoms in total. The van der Waals surface area contributed by atoms with Crippen molar-refractivity contribution in [1.82, 2.24) is 5.32 Å². The number of carbonyl (C=O) groups excluding carboxylic acids is 2. The van der Waals surface area contributed by atoms with E-state index in [0.717, 1.165) is 6.07 Å². The van der Waals surface area contributed by atoms with E-state index in [1.807, 2.05) is 6.07 Å². The minimum Gasteiger partial charge on any atom is -0.483 e. The number of hydrogen-bond donors (Lipinski definition) is 2. The van der Waals surface area contributed by atoms with Gasteiger partial charge in [0.05, 0.1) is 11.6 Å². The molecule has 2 rings (SSSR count). The fourth-order valence-electron chi connectivity index (χ4n) is 2.27. The number of halogens is 1. The summed E-state index contributed by atoms with van der Waals surface area (Å²) in [6.45, 7) is -0.232. The van der Waals surface area contributed by atoms with Crippen LogP contribution in [-0.2, 0) is 11.2 Å². The molecule has 0 unspecified atom stereocenters. The van der Waals surface area contributed by atoms with E-state index in [9.17, 15) is 14.0 Å². The number of nitriles is 1. The third-order valence-electron chi connectivity index (χ3n) is 3.55. The first-order valence-electron chi connectivity index (χ1n) is 7.39. The largest absolute Gasteiger partial charge is 0.483 e. The first-order chi connectivity index (χ1) is 11.9. The van der Waals surface area contributed by atoms with Crippen molar-refractivity contribution in [2.75, 3.05) is 13.7 Å². The Balaban J connectivity index is 2.39. The Morgan fingerprint density at radius 3 is 2.64 bits per heavy atom. The third kappa shape index (κ3) is 4.54. The fraction of sp³-hybridized carbons (Fsp3) is 0.167. The second-order valence-electron chi connectivity index (χ2n) is 5.24. The topological polar surface area (TPSA) is 105 Å². The summed E-state index contributed by atoms with van der Waals surface area (Å²) in [6.07, 6.45) is 0.158. The molecule has 0 atom stereocenters. The molecule has 25 heavy (non-hydrogen) atoms. The van der Waals surface area contributed by atoms with Crippen LogP contribution >= 0.6 is 0 Å². The molecule has 0 aliphatic heterocycles. The summed E-state index contributed by atoms with van der Waals surface area (Å²) in [6, 6.07) is 10.4. The summed E-state index contributed by atoms with van der Waals surface area (Å²) in [7, 11) is 1.48. The number of primary amides is 1. The van der Waals surface area contributed by atoms with E-state index in [1.165, 1.54) is 25.2 Å². The first-order valence-corrected chi connectivity index (χ1v) is 7.39. The van der Waals surface area contributed by atoms with Gasteiger partial charge in [-0.05, 0) is 41.5 Å². The Bertz CT molecular complexity index is 859. The van der Waals surface area contributed by atoms with Gasteiger partial charge in [0.25, 0.3) is 5.91 Å². The van der Waals surface area contributed by atoms with E-state index in [2.05, 4.69) is 5.32 Å². The summed E-state index contributed by atoms with van der Waals surface area (Å²) in [5.74, 6) is -1.20. The second-order valence-corrected chi connectivity index (χ2v) is 5.24. The molecule has 7 heteroatoms. The molecule has 0 heterocycles. The van der Waals surface area contributed by atoms with E-state index >= 15 is 0 Å². The number of hydrogen-bond acceptors (Lipinski definition) is 4. The molecule has 128 valence electrons. The van der Waals surface area contributed by atoms with Gasteiger partial charge in [0.2, 0.25) is 5.91 Å². The lowest BCUT2D eigenvalue weighted by atomic mass is 9.97. The van der Waals surface area contributed by atoms with Gasteiger partial charge >= 0.3 is 0 Å². The summed E-state index contributed by atoms with van der Waals surface area (Å²) >= 11 is 0. The average Bonchev–Trinajstić information content (AvgIpc) is 2.60. The minimum absolute atomic E-state index is 0.158. The van der Waals surface area contributed by atoms with Gasteiger partial charge in [-0.2, -0.15) is 5.26 Å². The third-order valence-corrected chi connectivity index (χ3v) is 3.55. The van der Waals surface area contributed by atoms with Crippen molar-refractivity contribution >= 4 is 11.8 Å². The number of carbonyl (C=O) groups is 2. The van der Waals surface area contributed by atoms with Crippen molar-refractivity contribution in [1.29, 1.82) is 5.26 Å². The normalized spacial score (nSPS) is 9.96. The maximum Gasteiger partial charge on any atom is 0.257 e. The number of benzene rings is 2. The van der Waals surface area contributed by atoms with Crippen molar-refractivity contribution in [3.05, 3.63) is 64.5 Å². The number of rotatable bonds is 6. The van der Waals surface area contributed by atoms with E-state index < -0.39 is 11.7 Å². The molecular weight excluding hydrogens is 325 g/mol. The van der Waals surface area contributed by atoms with E-state index in [-0.39, 0.29) is 24.5 Å². The monoisotopic (exact) mass is 341 g/mol. The van der Waals surface area contributed by atoms with Gasteiger partial charge in [-0.1, -0.05) is 6.07 Å². The highest BCUT2D eigenvalue weighted by molar-refractivity contribution is 5.94. The zero-order valence-corrected chi connectivity index (χ0v) is 13.5. The van der Waals surface area contributed by atoms with Crippen molar-refractivity contribution in [3.8, 4) is 11.8 Å². The van der Waals surface area contributed by atoms with Gasteiger partial charge < -0.3 is 15.8 Å². The van der Waals surface area contributed by atoms with E-state index in [4.69, 9.17) is 15.7 Å². The highest BCUT2D eigenvalue weighted by Gasteiger charge is 2.14. The highest BCUT2D eigenvalue weighted by Crippen LogP contribution is 2.25. The second kappa shape index (κ2) is 7.93. The highest BCUT2D eigenvalue weighted by atomic mass is 19.1. The van der Waals surface area contributed by atoms with Crippen LogP contribution in [0.1, 0.15) is 27.0 Å². The Labute approximate surface area is 144 Å². The van der Waals surface area contributed by atoms with Gasteiger partial charge in [-0.25, -0.2) is 4.39 Å². The predicted molar refractivity (Wildman–Crippen MR) is 88.4 cm³/mol. The quantitative estimate of drug-likeness (QED) is 0.831. The summed E-state index contributed by atoms with van der Waals surface area (Å²) in [4.78, 5) is 22.9. The Morgan fingerprint density at radius 2 is 2.00 bits per heavy atom. The first kappa shape index (κ1) is 17.9. The number of nitrogens with one attached hydrogen (secondary N) is 1. The molecular formula is C18H16FN3O3. The van der Waals surface area contributed by atoms with Crippen LogP contribution < -0.4 is 15.8 Å². The van der Waals surface area contributed by atoms with Crippen LogP contribution in [0, 0.1) is 17.1 Å². The van der Waals surface area contributed by atoms with Crippen molar-refractivity contribution in [2.45, 2.75) is 6.42 Å². The van der Waals surface area contributed by atoms with Crippen LogP contribution in [-0.4, -0.2) is 25.5 Å². The molecule has 0 saturated carbocycles. The van der Waals surface area contributed by atoms with Crippen LogP contribution in [0.3, 0.4) is 0 Å². The summed E-state index contributed by atoms with van der Waals surface area (Å²) in [5.41, 5.74) is 6.86. The molecule has 3 N–H and O–H groups in total.